The second kappa shape index (κ2) is 12.6. The van der Waals surface area contributed by atoms with E-state index in [0.29, 0.717) is 31.2 Å². The van der Waals surface area contributed by atoms with Crippen molar-refractivity contribution >= 4 is 33.3 Å². The van der Waals surface area contributed by atoms with Gasteiger partial charge in [-0.3, -0.25) is 9.59 Å². The smallest absolute Gasteiger partial charge is 0.416 e. The minimum atomic E-state index is -4.64. The highest BCUT2D eigenvalue weighted by molar-refractivity contribution is 7.92. The first kappa shape index (κ1) is 32.7. The van der Waals surface area contributed by atoms with Crippen molar-refractivity contribution in [2.75, 3.05) is 13.1 Å². The summed E-state index contributed by atoms with van der Waals surface area (Å²) in [5.41, 5.74) is 4.62. The van der Waals surface area contributed by atoms with Crippen LogP contribution in [-0.4, -0.2) is 38.2 Å². The number of ether oxygens (including phenoxy) is 1. The van der Waals surface area contributed by atoms with Gasteiger partial charge in [-0.05, 0) is 86.2 Å². The molecular formula is C32H31ClF4N2O5S. The lowest BCUT2D eigenvalue weighted by molar-refractivity contribution is -0.138. The number of sulfone groups is 1. The molecule has 0 unspecified atom stereocenters. The molecule has 2 N–H and O–H groups in total. The molecule has 0 aromatic heterocycles. The summed E-state index contributed by atoms with van der Waals surface area (Å²) in [7, 11) is -4.19. The van der Waals surface area contributed by atoms with E-state index in [2.05, 4.69) is 0 Å². The fourth-order valence-electron chi connectivity index (χ4n) is 6.28. The van der Waals surface area contributed by atoms with Crippen molar-refractivity contribution in [1.29, 1.82) is 0 Å². The molecule has 0 radical (unpaired) electrons. The van der Waals surface area contributed by atoms with Crippen molar-refractivity contribution in [1.82, 2.24) is 4.90 Å². The summed E-state index contributed by atoms with van der Waals surface area (Å²) in [5, 5.41) is -0.107. The van der Waals surface area contributed by atoms with E-state index in [1.54, 1.807) is 0 Å². The maximum atomic E-state index is 14.2. The maximum absolute atomic E-state index is 14.2. The van der Waals surface area contributed by atoms with Crippen LogP contribution in [0.25, 0.3) is 0 Å². The highest BCUT2D eigenvalue weighted by Gasteiger charge is 2.52. The highest BCUT2D eigenvalue weighted by Crippen LogP contribution is 2.45. The zero-order valence-corrected chi connectivity index (χ0v) is 25.6. The summed E-state index contributed by atoms with van der Waals surface area (Å²) in [6.07, 6.45) is -2.68. The fraction of sp³-hybridized carbons (Fsp3) is 0.375. The Hall–Kier alpha value is -3.64. The van der Waals surface area contributed by atoms with Gasteiger partial charge in [-0.1, -0.05) is 29.8 Å². The molecule has 0 spiro atoms. The van der Waals surface area contributed by atoms with E-state index in [0.717, 1.165) is 18.2 Å². The molecule has 1 aliphatic heterocycles. The lowest BCUT2D eigenvalue weighted by atomic mass is 9.81. The second-order valence-corrected chi connectivity index (χ2v) is 14.2. The second-order valence-electron chi connectivity index (χ2n) is 11.5. The summed E-state index contributed by atoms with van der Waals surface area (Å²) < 4.78 is 86.8. The summed E-state index contributed by atoms with van der Waals surface area (Å²) >= 11 is 6.04. The molecule has 1 heterocycles. The number of benzene rings is 3. The van der Waals surface area contributed by atoms with E-state index in [-0.39, 0.29) is 58.5 Å². The summed E-state index contributed by atoms with van der Waals surface area (Å²) in [5.74, 6) is -1.68. The normalized spacial score (nSPS) is 22.3. The van der Waals surface area contributed by atoms with Gasteiger partial charge in [0.15, 0.2) is 9.84 Å². The Morgan fingerprint density at radius 3 is 2.18 bits per heavy atom. The molecule has 1 saturated carbocycles. The van der Waals surface area contributed by atoms with Gasteiger partial charge in [0.25, 0.3) is 0 Å². The summed E-state index contributed by atoms with van der Waals surface area (Å²) in [4.78, 5) is 26.5. The molecule has 1 saturated heterocycles. The standard InChI is InChI=1S/C32H31ClF4N2O5S/c33-28-3-1-2-27(32(35,36)37)26(28)18-44-24-12-8-22(9-13-24)31(45(42,43)25-14-10-23(34)11-15-25)16-17-39(19-31)30(41)21-6-4-20(5-7-21)29(38)40/h1-3,8-15,20-21H,4-7,16-19H2,(H2,38,40)/t20?,21?,31-/m0/s1. The topological polar surface area (TPSA) is 107 Å². The fourth-order valence-corrected chi connectivity index (χ4v) is 8.59. The van der Waals surface area contributed by atoms with Crippen LogP contribution in [0.2, 0.25) is 5.02 Å². The van der Waals surface area contributed by atoms with E-state index in [1.807, 2.05) is 0 Å². The first-order chi connectivity index (χ1) is 21.2. The first-order valence-electron chi connectivity index (χ1n) is 14.4. The number of rotatable bonds is 8. The van der Waals surface area contributed by atoms with Crippen LogP contribution in [0, 0.1) is 17.7 Å². The van der Waals surface area contributed by atoms with E-state index >= 15 is 0 Å². The highest BCUT2D eigenvalue weighted by atomic mass is 35.5. The van der Waals surface area contributed by atoms with Crippen LogP contribution in [-0.2, 0) is 37.0 Å². The maximum Gasteiger partial charge on any atom is 0.416 e. The van der Waals surface area contributed by atoms with Gasteiger partial charge in [0.1, 0.15) is 22.9 Å². The monoisotopic (exact) mass is 666 g/mol. The van der Waals surface area contributed by atoms with Gasteiger partial charge >= 0.3 is 6.18 Å². The number of likely N-dealkylation sites (tertiary alicyclic amines) is 1. The molecule has 3 aromatic carbocycles. The van der Waals surface area contributed by atoms with Gasteiger partial charge in [-0.25, -0.2) is 12.8 Å². The average Bonchev–Trinajstić information content (AvgIpc) is 3.47. The third-order valence-corrected chi connectivity index (χ3v) is 11.7. The number of amides is 2. The number of carbonyl (C=O) groups is 2. The minimum Gasteiger partial charge on any atom is -0.489 e. The van der Waals surface area contributed by atoms with Crippen LogP contribution in [0.4, 0.5) is 17.6 Å². The number of nitrogens with two attached hydrogens (primary N) is 1. The van der Waals surface area contributed by atoms with Crippen molar-refractivity contribution in [2.24, 2.45) is 17.6 Å². The van der Waals surface area contributed by atoms with Crippen LogP contribution in [0.5, 0.6) is 5.75 Å². The van der Waals surface area contributed by atoms with E-state index in [9.17, 15) is 35.6 Å². The third-order valence-electron chi connectivity index (χ3n) is 8.85. The molecule has 2 amide bonds. The third kappa shape index (κ3) is 6.53. The molecule has 1 aliphatic carbocycles. The number of hydrogen-bond donors (Lipinski definition) is 1. The van der Waals surface area contributed by atoms with Crippen LogP contribution < -0.4 is 10.5 Å². The van der Waals surface area contributed by atoms with Crippen molar-refractivity contribution in [3.05, 3.63) is 94.3 Å². The summed E-state index contributed by atoms with van der Waals surface area (Å²) in [6.45, 7) is -0.483. The lowest BCUT2D eigenvalue weighted by Crippen LogP contribution is -2.43. The van der Waals surface area contributed by atoms with Gasteiger partial charge in [0.2, 0.25) is 11.8 Å². The number of primary amides is 1. The summed E-state index contributed by atoms with van der Waals surface area (Å²) in [6, 6.07) is 13.8. The Kier molecular flexibility index (Phi) is 9.19. The Morgan fingerprint density at radius 2 is 1.58 bits per heavy atom. The van der Waals surface area contributed by atoms with Crippen LogP contribution >= 0.6 is 11.6 Å². The zero-order chi connectivity index (χ0) is 32.6. The Bertz CT molecular complexity index is 1680. The molecule has 45 heavy (non-hydrogen) atoms. The number of alkyl halides is 3. The predicted molar refractivity (Wildman–Crippen MR) is 158 cm³/mol. The number of carbonyl (C=O) groups excluding carboxylic acids is 2. The van der Waals surface area contributed by atoms with E-state index in [4.69, 9.17) is 22.1 Å². The number of halogens is 5. The molecule has 1 atom stereocenters. The lowest BCUT2D eigenvalue weighted by Gasteiger charge is -2.32. The van der Waals surface area contributed by atoms with Gasteiger partial charge < -0.3 is 15.4 Å². The quantitative estimate of drug-likeness (QED) is 0.225. The van der Waals surface area contributed by atoms with Gasteiger partial charge in [0, 0.05) is 35.5 Å². The largest absolute Gasteiger partial charge is 0.489 e. The number of nitrogens with zero attached hydrogens (tertiary/aromatic N) is 1. The average molecular weight is 667 g/mol. The van der Waals surface area contributed by atoms with E-state index < -0.39 is 44.7 Å². The van der Waals surface area contributed by atoms with Crippen molar-refractivity contribution in [3.63, 3.8) is 0 Å². The van der Waals surface area contributed by atoms with E-state index in [1.165, 1.54) is 53.4 Å². The molecule has 0 bridgehead atoms. The molecule has 13 heteroatoms. The van der Waals surface area contributed by atoms with Gasteiger partial charge in [-0.2, -0.15) is 13.2 Å². The Morgan fingerprint density at radius 1 is 0.956 bits per heavy atom. The van der Waals surface area contributed by atoms with Crippen LogP contribution in [0.15, 0.2) is 71.6 Å². The van der Waals surface area contributed by atoms with Crippen molar-refractivity contribution in [2.45, 2.75) is 54.5 Å². The predicted octanol–water partition coefficient (Wildman–Crippen LogP) is 6.27. The Balaban J connectivity index is 1.42. The Labute approximate surface area is 263 Å². The SMILES string of the molecule is NC(=O)C1CCC(C(=O)N2CC[C@](c3ccc(OCc4c(Cl)cccc4C(F)(F)F)cc3)(S(=O)(=O)c3ccc(F)cc3)C2)CC1. The molecule has 7 nitrogen and oxygen atoms in total. The number of hydrogen-bond acceptors (Lipinski definition) is 5. The molecule has 2 fully saturated rings. The minimum absolute atomic E-state index is 0.0594. The molecule has 2 aliphatic rings. The van der Waals surface area contributed by atoms with Gasteiger partial charge in [0.05, 0.1) is 10.5 Å². The molecule has 5 rings (SSSR count). The molecule has 3 aromatic rings. The molecule has 240 valence electrons. The van der Waals surface area contributed by atoms with Crippen molar-refractivity contribution in [3.8, 4) is 5.75 Å². The van der Waals surface area contributed by atoms with Gasteiger partial charge in [-0.15, -0.1) is 0 Å². The van der Waals surface area contributed by atoms with Crippen LogP contribution in [0.1, 0.15) is 48.8 Å². The van der Waals surface area contributed by atoms with Crippen LogP contribution in [0.3, 0.4) is 0 Å². The zero-order valence-electron chi connectivity index (χ0n) is 24.0. The molecular weight excluding hydrogens is 636 g/mol. The van der Waals surface area contributed by atoms with Crippen molar-refractivity contribution < 1.29 is 40.3 Å². The first-order valence-corrected chi connectivity index (χ1v) is 16.3.